The first-order valence-corrected chi connectivity index (χ1v) is 4.54. The quantitative estimate of drug-likeness (QED) is 0.651. The Morgan fingerprint density at radius 2 is 2.27 bits per heavy atom. The molecule has 0 unspecified atom stereocenters. The molecule has 0 saturated heterocycles. The van der Waals surface area contributed by atoms with E-state index in [1.807, 2.05) is 6.07 Å². The zero-order valence-corrected chi connectivity index (χ0v) is 8.22. The molecule has 1 atom stereocenters. The van der Waals surface area contributed by atoms with E-state index < -0.39 is 6.09 Å². The zero-order chi connectivity index (χ0) is 11.3. The van der Waals surface area contributed by atoms with Crippen LogP contribution in [0.4, 0.5) is 4.79 Å². The van der Waals surface area contributed by atoms with Gasteiger partial charge in [-0.2, -0.15) is 0 Å². The first-order chi connectivity index (χ1) is 7.11. The molecule has 0 saturated carbocycles. The third-order valence-electron chi connectivity index (χ3n) is 1.85. The predicted molar refractivity (Wildman–Crippen MR) is 55.4 cm³/mol. The lowest BCUT2D eigenvalue weighted by molar-refractivity contribution is 0.211. The minimum Gasteiger partial charge on any atom is -0.410 e. The Hall–Kier alpha value is -1.59. The number of primary amides is 1. The fourth-order valence-electron chi connectivity index (χ4n) is 1.22. The first-order valence-electron chi connectivity index (χ1n) is 4.54. The number of rotatable bonds is 4. The van der Waals surface area contributed by atoms with Gasteiger partial charge in [-0.1, -0.05) is 12.1 Å². The second kappa shape index (κ2) is 5.33. The summed E-state index contributed by atoms with van der Waals surface area (Å²) < 4.78 is 4.71. The highest BCUT2D eigenvalue weighted by molar-refractivity contribution is 5.68. The van der Waals surface area contributed by atoms with Crippen molar-refractivity contribution in [3.05, 3.63) is 29.8 Å². The molecule has 15 heavy (non-hydrogen) atoms. The second-order valence-electron chi connectivity index (χ2n) is 3.22. The number of nitrogens with two attached hydrogens (primary N) is 2. The van der Waals surface area contributed by atoms with Crippen molar-refractivity contribution in [1.82, 2.24) is 0 Å². The number of ether oxygens (including phenoxy) is 1. The highest BCUT2D eigenvalue weighted by Crippen LogP contribution is 2.14. The molecule has 0 bridgehead atoms. The van der Waals surface area contributed by atoms with Gasteiger partial charge in [0.05, 0.1) is 6.61 Å². The fourth-order valence-corrected chi connectivity index (χ4v) is 1.22. The molecule has 0 spiro atoms. The summed E-state index contributed by atoms with van der Waals surface area (Å²) in [5, 5.41) is 8.78. The molecule has 5 N–H and O–H groups in total. The summed E-state index contributed by atoms with van der Waals surface area (Å²) in [6, 6.07) is 6.55. The molecule has 1 amide bonds. The van der Waals surface area contributed by atoms with Crippen LogP contribution < -0.4 is 16.2 Å². The Morgan fingerprint density at radius 1 is 1.53 bits per heavy atom. The molecule has 5 heteroatoms. The molecule has 0 aliphatic rings. The van der Waals surface area contributed by atoms with Crippen LogP contribution in [0, 0.1) is 0 Å². The lowest BCUT2D eigenvalue weighted by Gasteiger charge is -2.08. The van der Waals surface area contributed by atoms with E-state index in [-0.39, 0.29) is 12.6 Å². The van der Waals surface area contributed by atoms with E-state index in [0.717, 1.165) is 5.56 Å². The van der Waals surface area contributed by atoms with Crippen molar-refractivity contribution in [2.75, 3.05) is 6.61 Å². The molecular weight excluding hydrogens is 196 g/mol. The number of carbonyl (C=O) groups excluding carboxylic acids is 1. The maximum absolute atomic E-state index is 10.5. The third-order valence-corrected chi connectivity index (χ3v) is 1.85. The summed E-state index contributed by atoms with van der Waals surface area (Å²) in [7, 11) is 0. The molecule has 1 aromatic rings. The topological polar surface area (TPSA) is 98.6 Å². The van der Waals surface area contributed by atoms with Crippen molar-refractivity contribution >= 4 is 6.09 Å². The molecule has 0 aliphatic carbocycles. The summed E-state index contributed by atoms with van der Waals surface area (Å²) in [5.41, 5.74) is 11.3. The number of hydrogen-bond donors (Lipinski definition) is 3. The van der Waals surface area contributed by atoms with E-state index in [0.29, 0.717) is 12.2 Å². The maximum Gasteiger partial charge on any atom is 0.409 e. The van der Waals surface area contributed by atoms with Crippen LogP contribution in [0.1, 0.15) is 5.56 Å². The van der Waals surface area contributed by atoms with Gasteiger partial charge < -0.3 is 21.3 Å². The Labute approximate surface area is 87.6 Å². The zero-order valence-electron chi connectivity index (χ0n) is 8.22. The van der Waals surface area contributed by atoms with Crippen LogP contribution in [0.15, 0.2) is 24.3 Å². The molecule has 0 radical (unpaired) electrons. The first kappa shape index (κ1) is 11.5. The molecule has 1 rings (SSSR count). The number of benzene rings is 1. The summed E-state index contributed by atoms with van der Waals surface area (Å²) >= 11 is 0. The van der Waals surface area contributed by atoms with Gasteiger partial charge in [0.15, 0.2) is 0 Å². The van der Waals surface area contributed by atoms with Crippen LogP contribution in [0.5, 0.6) is 5.75 Å². The SMILES string of the molecule is NC(=O)Oc1cccc(C[C@H](N)CO)c1. The van der Waals surface area contributed by atoms with Crippen molar-refractivity contribution in [1.29, 1.82) is 0 Å². The van der Waals surface area contributed by atoms with E-state index in [4.69, 9.17) is 21.3 Å². The van der Waals surface area contributed by atoms with Crippen LogP contribution in [0.2, 0.25) is 0 Å². The summed E-state index contributed by atoms with van der Waals surface area (Å²) in [6.45, 7) is -0.0824. The second-order valence-corrected chi connectivity index (χ2v) is 3.22. The summed E-state index contributed by atoms with van der Waals surface area (Å²) in [5.74, 6) is 0.380. The van der Waals surface area contributed by atoms with Crippen molar-refractivity contribution in [2.45, 2.75) is 12.5 Å². The van der Waals surface area contributed by atoms with Crippen LogP contribution in [0.3, 0.4) is 0 Å². The molecular formula is C10H14N2O3. The van der Waals surface area contributed by atoms with E-state index in [1.54, 1.807) is 18.2 Å². The van der Waals surface area contributed by atoms with Gasteiger partial charge >= 0.3 is 6.09 Å². The Kier molecular flexibility index (Phi) is 4.08. The van der Waals surface area contributed by atoms with E-state index in [1.165, 1.54) is 0 Å². The molecule has 0 aliphatic heterocycles. The Morgan fingerprint density at radius 3 is 2.87 bits per heavy atom. The Balaban J connectivity index is 2.69. The number of aliphatic hydroxyl groups excluding tert-OH is 1. The molecule has 0 heterocycles. The minimum atomic E-state index is -0.849. The highest BCUT2D eigenvalue weighted by Gasteiger charge is 2.04. The van der Waals surface area contributed by atoms with Gasteiger partial charge in [0, 0.05) is 6.04 Å². The van der Waals surface area contributed by atoms with Gasteiger partial charge in [0.1, 0.15) is 5.75 Å². The summed E-state index contributed by atoms with van der Waals surface area (Å²) in [6.07, 6.45) is -0.328. The van der Waals surface area contributed by atoms with Crippen molar-refractivity contribution in [2.24, 2.45) is 11.5 Å². The predicted octanol–water partition coefficient (Wildman–Crippen LogP) is 0.00620. The Bertz CT molecular complexity index is 341. The average Bonchev–Trinajstić information content (AvgIpc) is 2.17. The van der Waals surface area contributed by atoms with Crippen molar-refractivity contribution in [3.63, 3.8) is 0 Å². The molecule has 0 fully saturated rings. The fraction of sp³-hybridized carbons (Fsp3) is 0.300. The number of carbonyl (C=O) groups is 1. The highest BCUT2D eigenvalue weighted by atomic mass is 16.5. The maximum atomic E-state index is 10.5. The standard InChI is InChI=1S/C10H14N2O3/c11-8(6-13)4-7-2-1-3-9(5-7)15-10(12)14/h1-3,5,8,13H,4,6,11H2,(H2,12,14)/t8-/m0/s1. The largest absolute Gasteiger partial charge is 0.410 e. The number of amides is 1. The van der Waals surface area contributed by atoms with Gasteiger partial charge in [0.2, 0.25) is 0 Å². The summed E-state index contributed by atoms with van der Waals surface area (Å²) in [4.78, 5) is 10.5. The monoisotopic (exact) mass is 210 g/mol. The van der Waals surface area contributed by atoms with E-state index in [9.17, 15) is 4.79 Å². The normalized spacial score (nSPS) is 12.1. The molecule has 82 valence electrons. The van der Waals surface area contributed by atoms with Crippen LogP contribution in [-0.4, -0.2) is 23.8 Å². The number of hydrogen-bond acceptors (Lipinski definition) is 4. The van der Waals surface area contributed by atoms with Gasteiger partial charge in [-0.3, -0.25) is 0 Å². The van der Waals surface area contributed by atoms with Gasteiger partial charge in [-0.15, -0.1) is 0 Å². The van der Waals surface area contributed by atoms with Crippen LogP contribution in [0.25, 0.3) is 0 Å². The lowest BCUT2D eigenvalue weighted by Crippen LogP contribution is -2.26. The van der Waals surface area contributed by atoms with Crippen molar-refractivity contribution in [3.8, 4) is 5.75 Å². The van der Waals surface area contributed by atoms with Crippen molar-refractivity contribution < 1.29 is 14.6 Å². The van der Waals surface area contributed by atoms with Crippen LogP contribution in [-0.2, 0) is 6.42 Å². The molecule has 0 aromatic heterocycles. The minimum absolute atomic E-state index is 0.0824. The lowest BCUT2D eigenvalue weighted by atomic mass is 10.1. The molecule has 5 nitrogen and oxygen atoms in total. The average molecular weight is 210 g/mol. The van der Waals surface area contributed by atoms with E-state index >= 15 is 0 Å². The van der Waals surface area contributed by atoms with Gasteiger partial charge in [-0.25, -0.2) is 4.79 Å². The number of aliphatic hydroxyl groups is 1. The van der Waals surface area contributed by atoms with E-state index in [2.05, 4.69) is 0 Å². The van der Waals surface area contributed by atoms with Crippen LogP contribution >= 0.6 is 0 Å². The van der Waals surface area contributed by atoms with Gasteiger partial charge in [-0.05, 0) is 24.1 Å². The smallest absolute Gasteiger partial charge is 0.409 e. The van der Waals surface area contributed by atoms with Gasteiger partial charge in [0.25, 0.3) is 0 Å². The molecule has 1 aromatic carbocycles. The third kappa shape index (κ3) is 3.97.